The van der Waals surface area contributed by atoms with Crippen molar-refractivity contribution in [2.24, 2.45) is 9.98 Å². The highest BCUT2D eigenvalue weighted by molar-refractivity contribution is 5.99. The first-order valence-electron chi connectivity index (χ1n) is 12.9. The molecule has 0 bridgehead atoms. The van der Waals surface area contributed by atoms with Crippen LogP contribution in [0.25, 0.3) is 0 Å². The quantitative estimate of drug-likeness (QED) is 0.298. The second-order valence-electron chi connectivity index (χ2n) is 9.71. The zero-order chi connectivity index (χ0) is 25.3. The van der Waals surface area contributed by atoms with Crippen LogP contribution in [0.5, 0.6) is 0 Å². The number of ether oxygens (including phenoxy) is 2. The molecule has 2 aliphatic heterocycles. The molecule has 37 heavy (non-hydrogen) atoms. The maximum Gasteiger partial charge on any atom is 0.194 e. The zero-order valence-electron chi connectivity index (χ0n) is 21.1. The van der Waals surface area contributed by atoms with E-state index in [0.717, 1.165) is 22.3 Å². The lowest BCUT2D eigenvalue weighted by atomic mass is 9.81. The van der Waals surface area contributed by atoms with Crippen molar-refractivity contribution in [2.45, 2.75) is 43.6 Å². The third-order valence-electron chi connectivity index (χ3n) is 7.52. The third kappa shape index (κ3) is 3.84. The van der Waals surface area contributed by atoms with Gasteiger partial charge >= 0.3 is 0 Å². The van der Waals surface area contributed by atoms with Crippen LogP contribution in [-0.4, -0.2) is 23.9 Å². The Kier molecular flexibility index (Phi) is 5.88. The molecule has 0 saturated carbocycles. The van der Waals surface area contributed by atoms with Gasteiger partial charge in [0.2, 0.25) is 0 Å². The molecule has 2 heterocycles. The van der Waals surface area contributed by atoms with E-state index in [1.54, 1.807) is 0 Å². The van der Waals surface area contributed by atoms with Gasteiger partial charge in [0, 0.05) is 22.3 Å². The predicted molar refractivity (Wildman–Crippen MR) is 148 cm³/mol. The molecule has 0 N–H and O–H groups in total. The van der Waals surface area contributed by atoms with E-state index in [1.165, 1.54) is 0 Å². The first-order chi connectivity index (χ1) is 18.1. The minimum atomic E-state index is -0.696. The van der Waals surface area contributed by atoms with Gasteiger partial charge in [-0.25, -0.2) is 9.98 Å². The highest BCUT2D eigenvalue weighted by Gasteiger charge is 2.50. The van der Waals surface area contributed by atoms with Crippen molar-refractivity contribution < 1.29 is 9.47 Å². The van der Waals surface area contributed by atoms with Crippen LogP contribution < -0.4 is 0 Å². The fraction of sp³-hybridized carbons (Fsp3) is 0.212. The molecule has 184 valence electrons. The maximum atomic E-state index is 6.80. The van der Waals surface area contributed by atoms with Gasteiger partial charge in [-0.3, -0.25) is 0 Å². The first-order valence-corrected chi connectivity index (χ1v) is 12.9. The van der Waals surface area contributed by atoms with E-state index in [4.69, 9.17) is 19.5 Å². The lowest BCUT2D eigenvalue weighted by Crippen LogP contribution is -2.38. The van der Waals surface area contributed by atoms with Gasteiger partial charge < -0.3 is 9.47 Å². The second kappa shape index (κ2) is 9.36. The highest BCUT2D eigenvalue weighted by atomic mass is 16.5. The predicted octanol–water partition coefficient (Wildman–Crippen LogP) is 6.90. The van der Waals surface area contributed by atoms with Crippen molar-refractivity contribution in [3.05, 3.63) is 144 Å². The zero-order valence-corrected chi connectivity index (χ0v) is 21.1. The summed E-state index contributed by atoms with van der Waals surface area (Å²) >= 11 is 0. The van der Waals surface area contributed by atoms with Crippen LogP contribution in [0.1, 0.15) is 42.5 Å². The van der Waals surface area contributed by atoms with Gasteiger partial charge in [-0.2, -0.15) is 0 Å². The van der Waals surface area contributed by atoms with Crippen molar-refractivity contribution >= 4 is 11.8 Å². The van der Waals surface area contributed by atoms with Crippen molar-refractivity contribution in [1.29, 1.82) is 0 Å². The molecule has 4 nitrogen and oxygen atoms in total. The van der Waals surface area contributed by atoms with Gasteiger partial charge in [0.05, 0.1) is 18.5 Å². The number of aliphatic imine (C=N–C) groups is 2. The van der Waals surface area contributed by atoms with Crippen molar-refractivity contribution in [2.75, 3.05) is 0 Å². The molecule has 4 heteroatoms. The Morgan fingerprint density at radius 3 is 1.03 bits per heavy atom. The molecular weight excluding hydrogens is 456 g/mol. The monoisotopic (exact) mass is 486 g/mol. The minimum Gasteiger partial charge on any atom is -0.462 e. The van der Waals surface area contributed by atoms with E-state index in [-0.39, 0.29) is 12.1 Å². The highest BCUT2D eigenvalue weighted by Crippen LogP contribution is 2.45. The Morgan fingerprint density at radius 2 is 0.757 bits per heavy atom. The van der Waals surface area contributed by atoms with Crippen LogP contribution in [0.15, 0.2) is 131 Å². The Bertz CT molecular complexity index is 1230. The normalized spacial score (nSPS) is 21.5. The first kappa shape index (κ1) is 23.2. The van der Waals surface area contributed by atoms with Crippen LogP contribution >= 0.6 is 0 Å². The summed E-state index contributed by atoms with van der Waals surface area (Å²) in [6.45, 7) is 4.23. The molecular formula is C33H30N2O2. The average molecular weight is 487 g/mol. The van der Waals surface area contributed by atoms with E-state index in [1.807, 2.05) is 72.8 Å². The molecule has 0 fully saturated rings. The number of hydrogen-bond acceptors (Lipinski definition) is 4. The van der Waals surface area contributed by atoms with Gasteiger partial charge in [-0.15, -0.1) is 0 Å². The molecule has 0 saturated heterocycles. The summed E-state index contributed by atoms with van der Waals surface area (Å²) in [4.78, 5) is 10.0. The largest absolute Gasteiger partial charge is 0.462 e. The summed E-state index contributed by atoms with van der Waals surface area (Å²) in [5.74, 6) is 1.28. The molecule has 0 radical (unpaired) electrons. The molecule has 0 amide bonds. The topological polar surface area (TPSA) is 43.2 Å². The summed E-state index contributed by atoms with van der Waals surface area (Å²) in [5.41, 5.74) is 2.93. The number of nitrogens with zero attached hydrogens (tertiary/aromatic N) is 2. The molecule has 0 aromatic heterocycles. The van der Waals surface area contributed by atoms with Gasteiger partial charge in [0.25, 0.3) is 0 Å². The van der Waals surface area contributed by atoms with Crippen molar-refractivity contribution in [1.82, 2.24) is 0 Å². The van der Waals surface area contributed by atoms with Crippen LogP contribution in [0, 0.1) is 0 Å². The van der Waals surface area contributed by atoms with Crippen LogP contribution in [0.3, 0.4) is 0 Å². The Labute approximate surface area is 218 Å². The molecule has 0 unspecified atom stereocenters. The lowest BCUT2D eigenvalue weighted by molar-refractivity contribution is 0.0927. The lowest BCUT2D eigenvalue weighted by Gasteiger charge is -2.34. The summed E-state index contributed by atoms with van der Waals surface area (Å²) in [5, 5.41) is 0. The number of hydrogen-bond donors (Lipinski definition) is 0. The molecule has 0 spiro atoms. The van der Waals surface area contributed by atoms with Gasteiger partial charge in [0.1, 0.15) is 0 Å². The molecule has 6 rings (SSSR count). The van der Waals surface area contributed by atoms with E-state index in [2.05, 4.69) is 62.4 Å². The van der Waals surface area contributed by atoms with Gasteiger partial charge in [0.15, 0.2) is 23.0 Å². The standard InChI is InChI=1S/C33H30N2O2/c1-24-32(26-15-7-3-8-16-26,27-17-9-4-10-18-27)36-30(34-24)23-31-35-25(2)33(37-31,28-19-11-5-12-20-28)29-21-13-6-14-22-29/h3-22,24-25H,23H2,1-2H3/t24-,25-/m1/s1. The maximum absolute atomic E-state index is 6.80. The van der Waals surface area contributed by atoms with Crippen molar-refractivity contribution in [3.63, 3.8) is 0 Å². The molecule has 2 atom stereocenters. The summed E-state index contributed by atoms with van der Waals surface area (Å²) in [7, 11) is 0. The Morgan fingerprint density at radius 1 is 0.486 bits per heavy atom. The SMILES string of the molecule is C[C@H]1N=C(CC2=N[C@H](C)C(c3ccccc3)(c3ccccc3)O2)OC1(c1ccccc1)c1ccccc1. The fourth-order valence-electron chi connectivity index (χ4n) is 5.78. The molecule has 4 aromatic rings. The third-order valence-corrected chi connectivity index (χ3v) is 7.52. The van der Waals surface area contributed by atoms with Crippen molar-refractivity contribution in [3.8, 4) is 0 Å². The Hall–Kier alpha value is -4.18. The summed E-state index contributed by atoms with van der Waals surface area (Å²) < 4.78 is 13.6. The van der Waals surface area contributed by atoms with Gasteiger partial charge in [-0.1, -0.05) is 121 Å². The fourth-order valence-corrected chi connectivity index (χ4v) is 5.78. The Balaban J connectivity index is 1.33. The molecule has 2 aliphatic rings. The smallest absolute Gasteiger partial charge is 0.194 e. The van der Waals surface area contributed by atoms with E-state index >= 15 is 0 Å². The summed E-state index contributed by atoms with van der Waals surface area (Å²) in [6.07, 6.45) is 0.400. The van der Waals surface area contributed by atoms with Crippen LogP contribution in [-0.2, 0) is 20.7 Å². The van der Waals surface area contributed by atoms with E-state index in [9.17, 15) is 0 Å². The van der Waals surface area contributed by atoms with Crippen LogP contribution in [0.2, 0.25) is 0 Å². The number of rotatable bonds is 6. The van der Waals surface area contributed by atoms with Gasteiger partial charge in [-0.05, 0) is 13.8 Å². The molecule has 4 aromatic carbocycles. The molecule has 0 aliphatic carbocycles. The van der Waals surface area contributed by atoms with E-state index in [0.29, 0.717) is 18.2 Å². The summed E-state index contributed by atoms with van der Waals surface area (Å²) in [6, 6.07) is 41.2. The minimum absolute atomic E-state index is 0.111. The average Bonchev–Trinajstić information content (AvgIpc) is 3.47. The van der Waals surface area contributed by atoms with Crippen LogP contribution in [0.4, 0.5) is 0 Å². The number of benzene rings is 4. The second-order valence-corrected chi connectivity index (χ2v) is 9.71. The van der Waals surface area contributed by atoms with E-state index < -0.39 is 11.2 Å².